The number of hydrogen-bond donors (Lipinski definition) is 2. The first kappa shape index (κ1) is 16.7. The quantitative estimate of drug-likeness (QED) is 0.522. The Labute approximate surface area is 149 Å². The van der Waals surface area contributed by atoms with E-state index in [1.165, 1.54) is 10.5 Å². The summed E-state index contributed by atoms with van der Waals surface area (Å²) in [6.45, 7) is 1.02. The molecule has 1 heterocycles. The van der Waals surface area contributed by atoms with Crippen LogP contribution in [0.3, 0.4) is 0 Å². The van der Waals surface area contributed by atoms with E-state index in [4.69, 9.17) is 4.74 Å². The Bertz CT molecular complexity index is 853. The number of aromatic amines is 1. The average Bonchev–Trinajstić information content (AvgIpc) is 2.97. The third-order valence-corrected chi connectivity index (χ3v) is 4.45. The van der Waals surface area contributed by atoms with E-state index < -0.39 is 0 Å². The molecule has 5 heteroatoms. The largest absolute Gasteiger partial charge is 0.422 e. The predicted molar refractivity (Wildman–Crippen MR) is 98.8 cm³/mol. The summed E-state index contributed by atoms with van der Waals surface area (Å²) in [5.41, 5.74) is 2.69. The van der Waals surface area contributed by atoms with Gasteiger partial charge in [0.1, 0.15) is 5.75 Å². The van der Waals surface area contributed by atoms with Gasteiger partial charge in [-0.3, -0.25) is 0 Å². The third kappa shape index (κ3) is 3.68. The maximum atomic E-state index is 12.4. The molecule has 3 aromatic rings. The lowest BCUT2D eigenvalue weighted by molar-refractivity contribution is -0.858. The Balaban J connectivity index is 1.89. The minimum absolute atomic E-state index is 0.347. The van der Waals surface area contributed by atoms with E-state index in [-0.39, 0.29) is 5.97 Å². The van der Waals surface area contributed by atoms with Gasteiger partial charge in [0.2, 0.25) is 0 Å². The van der Waals surface area contributed by atoms with Crippen molar-refractivity contribution in [3.63, 3.8) is 0 Å². The molecule has 24 heavy (non-hydrogen) atoms. The lowest BCUT2D eigenvalue weighted by atomic mass is 10.1. The topological polar surface area (TPSA) is 46.5 Å². The molecule has 0 saturated carbocycles. The van der Waals surface area contributed by atoms with Gasteiger partial charge in [-0.2, -0.15) is 0 Å². The van der Waals surface area contributed by atoms with Crippen LogP contribution in [0.5, 0.6) is 5.75 Å². The summed E-state index contributed by atoms with van der Waals surface area (Å²) in [5, 5.41) is 0.990. The third-order valence-electron chi connectivity index (χ3n) is 3.93. The Morgan fingerprint density at radius 3 is 2.62 bits per heavy atom. The van der Waals surface area contributed by atoms with E-state index in [9.17, 15) is 4.79 Å². The highest BCUT2D eigenvalue weighted by atomic mass is 79.9. The molecule has 1 aromatic heterocycles. The molecule has 0 saturated heterocycles. The van der Waals surface area contributed by atoms with Crippen molar-refractivity contribution in [2.45, 2.75) is 6.42 Å². The van der Waals surface area contributed by atoms with Gasteiger partial charge in [0.25, 0.3) is 0 Å². The number of ether oxygens (including phenoxy) is 1. The van der Waals surface area contributed by atoms with Crippen molar-refractivity contribution < 1.29 is 14.4 Å². The molecule has 0 aliphatic rings. The van der Waals surface area contributed by atoms with Gasteiger partial charge in [0, 0.05) is 28.0 Å². The molecule has 2 N–H and O–H groups in total. The van der Waals surface area contributed by atoms with Crippen LogP contribution >= 0.6 is 15.9 Å². The van der Waals surface area contributed by atoms with Crippen molar-refractivity contribution >= 4 is 32.8 Å². The first-order valence-electron chi connectivity index (χ1n) is 7.90. The monoisotopic (exact) mass is 387 g/mol. The summed E-state index contributed by atoms with van der Waals surface area (Å²) in [7, 11) is 4.26. The van der Waals surface area contributed by atoms with Gasteiger partial charge in [-0.05, 0) is 42.0 Å². The summed E-state index contributed by atoms with van der Waals surface area (Å²) in [6.07, 6.45) is 2.93. The number of halogens is 1. The van der Waals surface area contributed by atoms with Crippen molar-refractivity contribution in [2.24, 2.45) is 0 Å². The molecule has 2 aromatic carbocycles. The fourth-order valence-corrected chi connectivity index (χ4v) is 2.90. The molecular formula is C19H20BrN2O2+. The summed E-state index contributed by atoms with van der Waals surface area (Å²) in [5.74, 6) is 0.255. The summed E-state index contributed by atoms with van der Waals surface area (Å²) in [4.78, 5) is 17.1. The number of hydrogen-bond acceptors (Lipinski definition) is 2. The SMILES string of the molecule is C[NH+](C)CCc1c[nH]c2cccc(OC(=O)c3ccc(Br)cc3)c12. The van der Waals surface area contributed by atoms with Crippen LogP contribution in [0, 0.1) is 0 Å². The number of H-pyrrole nitrogens is 1. The number of carbonyl (C=O) groups is 1. The van der Waals surface area contributed by atoms with Gasteiger partial charge in [-0.15, -0.1) is 0 Å². The molecule has 0 spiro atoms. The van der Waals surface area contributed by atoms with E-state index in [0.29, 0.717) is 11.3 Å². The molecule has 0 fully saturated rings. The maximum Gasteiger partial charge on any atom is 0.343 e. The molecule has 0 amide bonds. The van der Waals surface area contributed by atoms with Crippen LogP contribution in [-0.2, 0) is 6.42 Å². The smallest absolute Gasteiger partial charge is 0.343 e. The van der Waals surface area contributed by atoms with E-state index in [1.807, 2.05) is 36.5 Å². The number of fused-ring (bicyclic) bond motifs is 1. The molecule has 0 radical (unpaired) electrons. The maximum absolute atomic E-state index is 12.4. The van der Waals surface area contributed by atoms with E-state index >= 15 is 0 Å². The number of rotatable bonds is 5. The number of likely N-dealkylation sites (N-methyl/N-ethyl adjacent to an activating group) is 1. The fraction of sp³-hybridized carbons (Fsp3) is 0.211. The Kier molecular flexibility index (Phi) is 5.02. The molecule has 4 nitrogen and oxygen atoms in total. The molecule has 0 unspecified atom stereocenters. The van der Waals surface area contributed by atoms with Crippen molar-refractivity contribution in [3.8, 4) is 5.75 Å². The van der Waals surface area contributed by atoms with Gasteiger partial charge in [-0.1, -0.05) is 22.0 Å². The van der Waals surface area contributed by atoms with Crippen LogP contribution < -0.4 is 9.64 Å². The molecular weight excluding hydrogens is 368 g/mol. The van der Waals surface area contributed by atoms with Crippen LogP contribution in [-0.4, -0.2) is 31.6 Å². The van der Waals surface area contributed by atoms with E-state index in [2.05, 4.69) is 35.0 Å². The van der Waals surface area contributed by atoms with Crippen molar-refractivity contribution in [1.82, 2.24) is 4.98 Å². The van der Waals surface area contributed by atoms with Gasteiger partial charge in [0.15, 0.2) is 0 Å². The molecule has 124 valence electrons. The predicted octanol–water partition coefficient (Wildman–Crippen LogP) is 2.84. The second kappa shape index (κ2) is 7.20. The fourth-order valence-electron chi connectivity index (χ4n) is 2.63. The summed E-state index contributed by atoms with van der Waals surface area (Å²) in [6, 6.07) is 12.9. The second-order valence-corrected chi connectivity index (χ2v) is 7.01. The highest BCUT2D eigenvalue weighted by Crippen LogP contribution is 2.29. The van der Waals surface area contributed by atoms with Gasteiger partial charge in [0.05, 0.1) is 26.2 Å². The highest BCUT2D eigenvalue weighted by Gasteiger charge is 2.15. The molecule has 0 bridgehead atoms. The first-order chi connectivity index (χ1) is 11.5. The van der Waals surface area contributed by atoms with Crippen molar-refractivity contribution in [3.05, 3.63) is 64.3 Å². The van der Waals surface area contributed by atoms with Crippen LogP contribution in [0.4, 0.5) is 0 Å². The van der Waals surface area contributed by atoms with Crippen LogP contribution in [0.25, 0.3) is 10.9 Å². The van der Waals surface area contributed by atoms with E-state index in [1.54, 1.807) is 12.1 Å². The number of carbonyl (C=O) groups excluding carboxylic acids is 1. The zero-order valence-electron chi connectivity index (χ0n) is 13.7. The lowest BCUT2D eigenvalue weighted by Crippen LogP contribution is -3.05. The molecule has 0 atom stereocenters. The standard InChI is InChI=1S/C19H19BrN2O2/c1-22(2)11-10-14-12-21-16-4-3-5-17(18(14)16)24-19(23)13-6-8-15(20)9-7-13/h3-9,12,21H,10-11H2,1-2H3/p+1. The van der Waals surface area contributed by atoms with E-state index in [0.717, 1.165) is 28.3 Å². The van der Waals surface area contributed by atoms with Gasteiger partial charge >= 0.3 is 5.97 Å². The minimum atomic E-state index is -0.347. The number of quaternary nitrogens is 1. The molecule has 0 aliphatic heterocycles. The Morgan fingerprint density at radius 1 is 1.17 bits per heavy atom. The van der Waals surface area contributed by atoms with Crippen LogP contribution in [0.15, 0.2) is 53.1 Å². The second-order valence-electron chi connectivity index (χ2n) is 6.10. The van der Waals surface area contributed by atoms with Crippen LogP contribution in [0.2, 0.25) is 0 Å². The normalized spacial score (nSPS) is 11.2. The average molecular weight is 388 g/mol. The highest BCUT2D eigenvalue weighted by molar-refractivity contribution is 9.10. The minimum Gasteiger partial charge on any atom is -0.422 e. The number of esters is 1. The zero-order chi connectivity index (χ0) is 17.1. The molecule has 3 rings (SSSR count). The summed E-state index contributed by atoms with van der Waals surface area (Å²) < 4.78 is 6.61. The Hall–Kier alpha value is -2.11. The molecule has 0 aliphatic carbocycles. The lowest BCUT2D eigenvalue weighted by Gasteiger charge is -2.09. The van der Waals surface area contributed by atoms with Crippen molar-refractivity contribution in [2.75, 3.05) is 20.6 Å². The number of nitrogens with one attached hydrogen (secondary N) is 2. The number of aromatic nitrogens is 1. The van der Waals surface area contributed by atoms with Crippen molar-refractivity contribution in [1.29, 1.82) is 0 Å². The summed E-state index contributed by atoms with van der Waals surface area (Å²) >= 11 is 3.37. The van der Waals surface area contributed by atoms with Crippen LogP contribution in [0.1, 0.15) is 15.9 Å². The Morgan fingerprint density at radius 2 is 1.92 bits per heavy atom. The van der Waals surface area contributed by atoms with Gasteiger partial charge < -0.3 is 14.6 Å². The zero-order valence-corrected chi connectivity index (χ0v) is 15.3. The first-order valence-corrected chi connectivity index (χ1v) is 8.69. The van der Waals surface area contributed by atoms with Gasteiger partial charge in [-0.25, -0.2) is 4.79 Å². The number of benzene rings is 2.